The third-order valence-corrected chi connectivity index (χ3v) is 4.98. The van der Waals surface area contributed by atoms with Crippen LogP contribution in [0.15, 0.2) is 52.6 Å². The van der Waals surface area contributed by atoms with Gasteiger partial charge in [-0.3, -0.25) is 28.4 Å². The van der Waals surface area contributed by atoms with Gasteiger partial charge in [-0.25, -0.2) is 9.78 Å². The van der Waals surface area contributed by atoms with Crippen molar-refractivity contribution in [3.05, 3.63) is 69.5 Å². The molecule has 0 aliphatic carbocycles. The zero-order valence-corrected chi connectivity index (χ0v) is 17.2. The van der Waals surface area contributed by atoms with E-state index < -0.39 is 11.2 Å². The Kier molecular flexibility index (Phi) is 5.48. The number of fused-ring (bicyclic) bond motifs is 1. The number of aryl methyl sites for hydroxylation is 2. The van der Waals surface area contributed by atoms with Crippen LogP contribution in [-0.4, -0.2) is 39.4 Å². The highest BCUT2D eigenvalue weighted by atomic mass is 16.2. The second-order valence-electron chi connectivity index (χ2n) is 7.19. The van der Waals surface area contributed by atoms with Crippen LogP contribution < -0.4 is 16.6 Å². The first kappa shape index (κ1) is 20.3. The quantitative estimate of drug-likeness (QED) is 0.463. The normalized spacial score (nSPS) is 11.2. The third kappa shape index (κ3) is 4.15. The van der Waals surface area contributed by atoms with Gasteiger partial charge >= 0.3 is 5.69 Å². The van der Waals surface area contributed by atoms with Gasteiger partial charge in [0.05, 0.1) is 18.6 Å². The number of nitrogens with zero attached hydrogens (tertiary/aromatic N) is 7. The molecule has 0 spiro atoms. The summed E-state index contributed by atoms with van der Waals surface area (Å²) < 4.78 is 5.76. The van der Waals surface area contributed by atoms with Crippen LogP contribution in [-0.2, 0) is 32.0 Å². The van der Waals surface area contributed by atoms with Crippen molar-refractivity contribution in [1.82, 2.24) is 33.4 Å². The van der Waals surface area contributed by atoms with Crippen LogP contribution in [0, 0.1) is 0 Å². The standard InChI is InChI=1S/C20H22N8O3/c1-25-18-17(19(30)26(2)20(25)31)27(13-22-18)10-5-7-16(29)23-15-8-11-28(24-15)12-14-6-3-4-9-21-14/h3-4,6,8-9,11,13H,5,7,10,12H2,1-2H3,(H,23,24,29). The van der Waals surface area contributed by atoms with Gasteiger partial charge in [0.15, 0.2) is 17.0 Å². The fraction of sp³-hybridized carbons (Fsp3) is 0.300. The minimum atomic E-state index is -0.426. The molecule has 1 N–H and O–H groups in total. The molecule has 4 aromatic heterocycles. The predicted molar refractivity (Wildman–Crippen MR) is 114 cm³/mol. The van der Waals surface area contributed by atoms with E-state index in [1.807, 2.05) is 18.2 Å². The van der Waals surface area contributed by atoms with Crippen LogP contribution in [0.3, 0.4) is 0 Å². The van der Waals surface area contributed by atoms with Crippen molar-refractivity contribution < 1.29 is 4.79 Å². The molecule has 0 saturated carbocycles. The van der Waals surface area contributed by atoms with Gasteiger partial charge in [0.1, 0.15) is 0 Å². The summed E-state index contributed by atoms with van der Waals surface area (Å²) in [6, 6.07) is 7.40. The van der Waals surface area contributed by atoms with Crippen LogP contribution in [0.25, 0.3) is 11.2 Å². The molecule has 4 rings (SSSR count). The van der Waals surface area contributed by atoms with Gasteiger partial charge < -0.3 is 9.88 Å². The molecule has 0 aliphatic rings. The fourth-order valence-corrected chi connectivity index (χ4v) is 3.36. The van der Waals surface area contributed by atoms with Crippen LogP contribution >= 0.6 is 0 Å². The smallest absolute Gasteiger partial charge is 0.325 e. The number of amides is 1. The minimum Gasteiger partial charge on any atom is -0.325 e. The summed E-state index contributed by atoms with van der Waals surface area (Å²) in [5.74, 6) is 0.297. The Morgan fingerprint density at radius 2 is 1.94 bits per heavy atom. The molecule has 0 bridgehead atoms. The topological polar surface area (TPSA) is 122 Å². The molecule has 0 aromatic carbocycles. The van der Waals surface area contributed by atoms with Crippen molar-refractivity contribution in [1.29, 1.82) is 0 Å². The van der Waals surface area contributed by atoms with E-state index in [1.165, 1.54) is 17.9 Å². The molecule has 0 saturated heterocycles. The third-order valence-electron chi connectivity index (χ3n) is 4.98. The number of nitrogens with one attached hydrogen (secondary N) is 1. The molecule has 0 fully saturated rings. The van der Waals surface area contributed by atoms with Gasteiger partial charge in [-0.05, 0) is 18.6 Å². The van der Waals surface area contributed by atoms with Crippen LogP contribution in [0.5, 0.6) is 0 Å². The van der Waals surface area contributed by atoms with Gasteiger partial charge in [-0.1, -0.05) is 6.07 Å². The lowest BCUT2D eigenvalue weighted by Gasteiger charge is -2.07. The fourth-order valence-electron chi connectivity index (χ4n) is 3.36. The van der Waals surface area contributed by atoms with Crippen molar-refractivity contribution in [2.45, 2.75) is 25.9 Å². The molecule has 0 atom stereocenters. The Labute approximate surface area is 176 Å². The Morgan fingerprint density at radius 1 is 1.10 bits per heavy atom. The molecule has 31 heavy (non-hydrogen) atoms. The molecule has 1 amide bonds. The van der Waals surface area contributed by atoms with E-state index in [0.29, 0.717) is 36.5 Å². The van der Waals surface area contributed by atoms with Gasteiger partial charge in [0.25, 0.3) is 5.56 Å². The van der Waals surface area contributed by atoms with E-state index in [-0.39, 0.29) is 12.3 Å². The molecule has 4 heterocycles. The SMILES string of the molecule is Cn1c(=O)c2c(ncn2CCCC(=O)Nc2ccn(Cc3ccccn3)n2)n(C)c1=O. The van der Waals surface area contributed by atoms with E-state index in [2.05, 4.69) is 20.4 Å². The Morgan fingerprint density at radius 3 is 2.71 bits per heavy atom. The molecular formula is C20H22N8O3. The van der Waals surface area contributed by atoms with E-state index in [9.17, 15) is 14.4 Å². The van der Waals surface area contributed by atoms with Gasteiger partial charge in [0, 0.05) is 45.5 Å². The highest BCUT2D eigenvalue weighted by Crippen LogP contribution is 2.09. The first-order valence-electron chi connectivity index (χ1n) is 9.78. The Bertz CT molecular complexity index is 1350. The molecule has 0 radical (unpaired) electrons. The number of rotatable bonds is 7. The highest BCUT2D eigenvalue weighted by Gasteiger charge is 2.14. The van der Waals surface area contributed by atoms with E-state index in [4.69, 9.17) is 0 Å². The second-order valence-corrected chi connectivity index (χ2v) is 7.19. The minimum absolute atomic E-state index is 0.173. The maximum atomic E-state index is 12.4. The number of imidazole rings is 1. The Balaban J connectivity index is 1.35. The van der Waals surface area contributed by atoms with Crippen LogP contribution in [0.4, 0.5) is 5.82 Å². The lowest BCUT2D eigenvalue weighted by molar-refractivity contribution is -0.116. The molecule has 11 nitrogen and oxygen atoms in total. The number of anilines is 1. The van der Waals surface area contributed by atoms with Crippen molar-refractivity contribution in [2.75, 3.05) is 5.32 Å². The molecule has 0 unspecified atom stereocenters. The number of pyridine rings is 1. The number of carbonyl (C=O) groups is 1. The van der Waals surface area contributed by atoms with Gasteiger partial charge in [-0.15, -0.1) is 0 Å². The second kappa shape index (κ2) is 8.38. The van der Waals surface area contributed by atoms with E-state index in [1.54, 1.807) is 34.8 Å². The summed E-state index contributed by atoms with van der Waals surface area (Å²) in [6.07, 6.45) is 5.77. The first-order valence-corrected chi connectivity index (χ1v) is 9.78. The summed E-state index contributed by atoms with van der Waals surface area (Å²) in [5.41, 5.74) is 0.719. The first-order chi connectivity index (χ1) is 14.9. The van der Waals surface area contributed by atoms with Crippen molar-refractivity contribution in [3.63, 3.8) is 0 Å². The predicted octanol–water partition coefficient (Wildman–Crippen LogP) is 0.492. The average Bonchev–Trinajstić information content (AvgIpc) is 3.38. The van der Waals surface area contributed by atoms with Crippen molar-refractivity contribution in [2.24, 2.45) is 14.1 Å². The zero-order valence-electron chi connectivity index (χ0n) is 17.2. The molecule has 160 valence electrons. The van der Waals surface area contributed by atoms with Crippen molar-refractivity contribution >= 4 is 22.9 Å². The number of hydrogen-bond acceptors (Lipinski definition) is 6. The molecule has 4 aromatic rings. The number of carbonyl (C=O) groups excluding carboxylic acids is 1. The summed E-state index contributed by atoms with van der Waals surface area (Å²) in [6.45, 7) is 0.938. The Hall–Kier alpha value is -4.02. The number of aromatic nitrogens is 7. The summed E-state index contributed by atoms with van der Waals surface area (Å²) >= 11 is 0. The van der Waals surface area contributed by atoms with Gasteiger partial charge in [-0.2, -0.15) is 5.10 Å². The van der Waals surface area contributed by atoms with E-state index >= 15 is 0 Å². The maximum absolute atomic E-state index is 12.4. The van der Waals surface area contributed by atoms with E-state index in [0.717, 1.165) is 10.3 Å². The molecule has 0 aliphatic heterocycles. The lowest BCUT2D eigenvalue weighted by atomic mass is 10.3. The van der Waals surface area contributed by atoms with Crippen LogP contribution in [0.1, 0.15) is 18.5 Å². The molecular weight excluding hydrogens is 400 g/mol. The summed E-state index contributed by atoms with van der Waals surface area (Å²) in [4.78, 5) is 45.2. The average molecular weight is 422 g/mol. The zero-order chi connectivity index (χ0) is 22.0. The highest BCUT2D eigenvalue weighted by molar-refractivity contribution is 5.89. The maximum Gasteiger partial charge on any atom is 0.332 e. The van der Waals surface area contributed by atoms with Gasteiger partial charge in [0.2, 0.25) is 5.91 Å². The van der Waals surface area contributed by atoms with Crippen molar-refractivity contribution in [3.8, 4) is 0 Å². The summed E-state index contributed by atoms with van der Waals surface area (Å²) in [5, 5.41) is 7.11. The lowest BCUT2D eigenvalue weighted by Crippen LogP contribution is -2.37. The largest absolute Gasteiger partial charge is 0.332 e. The number of hydrogen-bond donors (Lipinski definition) is 1. The monoisotopic (exact) mass is 422 g/mol. The summed E-state index contributed by atoms with van der Waals surface area (Å²) in [7, 11) is 3.00. The molecule has 11 heteroatoms. The van der Waals surface area contributed by atoms with Crippen LogP contribution in [0.2, 0.25) is 0 Å².